The van der Waals surface area contributed by atoms with Crippen molar-refractivity contribution < 1.29 is 14.4 Å². The lowest BCUT2D eigenvalue weighted by Gasteiger charge is -2.35. The minimum Gasteiger partial charge on any atom is -0.397 e. The van der Waals surface area contributed by atoms with E-state index in [9.17, 15) is 19.2 Å². The first-order valence-electron chi connectivity index (χ1n) is 23.5. The van der Waals surface area contributed by atoms with Crippen LogP contribution < -0.4 is 37.5 Å². The van der Waals surface area contributed by atoms with Gasteiger partial charge in [0.2, 0.25) is 5.91 Å². The van der Waals surface area contributed by atoms with Crippen molar-refractivity contribution >= 4 is 84.4 Å². The molecule has 0 radical (unpaired) electrons. The molecule has 18 heteroatoms. The van der Waals surface area contributed by atoms with E-state index in [1.54, 1.807) is 12.3 Å². The monoisotopic (exact) mass is 969 g/mol. The van der Waals surface area contributed by atoms with Gasteiger partial charge in [-0.2, -0.15) is 0 Å². The van der Waals surface area contributed by atoms with Crippen LogP contribution >= 0.6 is 34.9 Å². The Morgan fingerprint density at radius 1 is 1.00 bits per heavy atom. The van der Waals surface area contributed by atoms with E-state index in [0.29, 0.717) is 93.8 Å². The maximum atomic E-state index is 13.7. The number of carbonyl (C=O) groups is 3. The summed E-state index contributed by atoms with van der Waals surface area (Å²) in [5.41, 5.74) is 12.8. The third-order valence-corrected chi connectivity index (χ3v) is 16.4. The molecule has 0 spiro atoms. The number of hydrogen-bond acceptors (Lipinski definition) is 13. The molecule has 1 aromatic carbocycles. The number of aromatic amines is 1. The second kappa shape index (κ2) is 19.2. The number of aryl methyl sites for hydroxylation is 3. The quantitative estimate of drug-likeness (QED) is 0.0740. The van der Waals surface area contributed by atoms with Crippen LogP contribution in [0.4, 0.5) is 11.4 Å². The first-order valence-corrected chi connectivity index (χ1v) is 25.6. The Labute approximate surface area is 407 Å². The van der Waals surface area contributed by atoms with E-state index in [2.05, 4.69) is 71.1 Å². The molecule has 3 amide bonds. The van der Waals surface area contributed by atoms with Gasteiger partial charge in [-0.25, -0.2) is 14.5 Å². The Bertz CT molecular complexity index is 3140. The fraction of sp³-hybridized carbons (Fsp3) is 0.420. The van der Waals surface area contributed by atoms with Crippen LogP contribution in [0.15, 0.2) is 53.5 Å². The number of nitrogens with zero attached hydrogens (tertiary/aromatic N) is 5. The lowest BCUT2D eigenvalue weighted by atomic mass is 9.87. The fourth-order valence-corrected chi connectivity index (χ4v) is 12.6. The number of anilines is 2. The smallest absolute Gasteiger partial charge is 0.296 e. The molecule has 3 saturated heterocycles. The fourth-order valence-electron chi connectivity index (χ4n) is 10.3. The van der Waals surface area contributed by atoms with Gasteiger partial charge in [-0.3, -0.25) is 19.2 Å². The van der Waals surface area contributed by atoms with Crippen molar-refractivity contribution in [2.24, 2.45) is 5.92 Å². The number of carbonyl (C=O) groups excluding carboxylic acids is 3. The van der Waals surface area contributed by atoms with Gasteiger partial charge in [-0.15, -0.1) is 22.7 Å². The largest absolute Gasteiger partial charge is 0.397 e. The van der Waals surface area contributed by atoms with Crippen LogP contribution in [0.25, 0.3) is 26.3 Å². The molecule has 5 aromatic heterocycles. The van der Waals surface area contributed by atoms with Crippen LogP contribution in [-0.2, 0) is 22.4 Å². The summed E-state index contributed by atoms with van der Waals surface area (Å²) < 4.78 is 1.59. The van der Waals surface area contributed by atoms with Crippen LogP contribution in [0.3, 0.4) is 0 Å². The Morgan fingerprint density at radius 2 is 1.79 bits per heavy atom. The van der Waals surface area contributed by atoms with Crippen LogP contribution in [0.1, 0.15) is 87.6 Å². The number of aromatic nitrogens is 4. The van der Waals surface area contributed by atoms with Crippen LogP contribution in [0, 0.1) is 36.4 Å². The van der Waals surface area contributed by atoms with E-state index in [1.165, 1.54) is 56.9 Å². The van der Waals surface area contributed by atoms with Crippen LogP contribution in [-0.4, -0.2) is 99.5 Å². The number of benzene rings is 1. The highest BCUT2D eigenvalue weighted by atomic mass is 32.1. The summed E-state index contributed by atoms with van der Waals surface area (Å²) in [4.78, 5) is 73.3. The van der Waals surface area contributed by atoms with Gasteiger partial charge in [0, 0.05) is 78.3 Å². The molecule has 3 aliphatic heterocycles. The molecule has 7 N–H and O–H groups in total. The molecular weight excluding hydrogens is 915 g/mol. The maximum absolute atomic E-state index is 13.7. The number of piperazine rings is 1. The van der Waals surface area contributed by atoms with Crippen molar-refractivity contribution in [2.45, 2.75) is 89.9 Å². The van der Waals surface area contributed by atoms with Crippen molar-refractivity contribution in [3.63, 3.8) is 0 Å². The zero-order valence-electron chi connectivity index (χ0n) is 38.4. The Morgan fingerprint density at radius 3 is 2.57 bits per heavy atom. The Kier molecular flexibility index (Phi) is 12.9. The number of nitrogen functional groups attached to an aromatic ring is 1. The third-order valence-electron chi connectivity index (χ3n) is 14.0. The van der Waals surface area contributed by atoms with Gasteiger partial charge in [0.1, 0.15) is 20.4 Å². The maximum Gasteiger partial charge on any atom is 0.296 e. The van der Waals surface area contributed by atoms with Crippen molar-refractivity contribution in [3.05, 3.63) is 101 Å². The molecule has 8 heterocycles. The van der Waals surface area contributed by atoms with Gasteiger partial charge in [-0.1, -0.05) is 12.0 Å². The first kappa shape index (κ1) is 45.8. The van der Waals surface area contributed by atoms with E-state index in [1.807, 2.05) is 39.0 Å². The topological polar surface area (TPSA) is 195 Å². The molecule has 15 nitrogen and oxygen atoms in total. The number of H-pyrrole nitrogens is 1. The molecule has 6 aromatic rings. The van der Waals surface area contributed by atoms with Gasteiger partial charge in [0.05, 0.1) is 28.4 Å². The normalized spacial score (nSPS) is 19.9. The van der Waals surface area contributed by atoms with Gasteiger partial charge in [0.25, 0.3) is 17.4 Å². The molecule has 1 aliphatic carbocycles. The SMILES string of the molecule is Cc1ccnc(-n2c(=S)[nH]c3sc(C)c(C#CC(=O)NCCN4CCC(C(=O)NC(C)c5ccc6c(N)c(C(=O)N[C@H]7CCc8cc(N9C[C@H]%10CC[C@@H](C9)N%10)ccc8C7)sc6n5)CC4)c3c2=O)c1. The van der Waals surface area contributed by atoms with Crippen LogP contribution in [0.5, 0.6) is 0 Å². The summed E-state index contributed by atoms with van der Waals surface area (Å²) in [6.45, 7) is 10.3. The zero-order chi connectivity index (χ0) is 47.2. The lowest BCUT2D eigenvalue weighted by Crippen LogP contribution is -2.51. The highest BCUT2D eigenvalue weighted by Gasteiger charge is 2.33. The Balaban J connectivity index is 0.685. The predicted molar refractivity (Wildman–Crippen MR) is 271 cm³/mol. The van der Waals surface area contributed by atoms with Crippen molar-refractivity contribution in [1.82, 2.24) is 45.7 Å². The van der Waals surface area contributed by atoms with Crippen LogP contribution in [0.2, 0.25) is 0 Å². The molecule has 4 atom stereocenters. The number of nitrogens with one attached hydrogen (secondary N) is 5. The van der Waals surface area contributed by atoms with Gasteiger partial charge in [0.15, 0.2) is 4.77 Å². The number of nitrogens with two attached hydrogens (primary N) is 1. The van der Waals surface area contributed by atoms with Crippen molar-refractivity contribution in [2.75, 3.05) is 49.9 Å². The summed E-state index contributed by atoms with van der Waals surface area (Å²) >= 11 is 8.16. The number of thiophene rings is 2. The molecule has 1 unspecified atom stereocenters. The summed E-state index contributed by atoms with van der Waals surface area (Å²) in [5.74, 6) is 5.24. The number of rotatable bonds is 10. The summed E-state index contributed by atoms with van der Waals surface area (Å²) in [6, 6.07) is 15.1. The molecule has 10 rings (SSSR count). The standard InChI is InChI=1S/C50H55N11O4S3/c1-27-14-17-52-40(22-27)61-49(65)42-37(29(3)67-48(42)58-50(61)66)11-13-41(62)53-18-21-59-19-15-30(16-20-59)45(63)54-28(2)39-12-10-38-43(51)44(68-47(38)57-39)46(64)56-33-6-4-32-24-36(9-5-31(32)23-33)60-25-34-7-8-35(26-60)55-34/h5,9-10,12,14,17,22,24,28,30,33-35,55H,4,6-8,15-16,18-21,23,25-26,51H2,1-3H3,(H,53,62)(H,54,63)(H,56,64)(H,58,66)/t28?,33-,34-,35+/m0/s1. The average molecular weight is 970 g/mol. The lowest BCUT2D eigenvalue weighted by molar-refractivity contribution is -0.127. The number of hydrogen-bond donors (Lipinski definition) is 6. The van der Waals surface area contributed by atoms with Gasteiger partial charge in [-0.05, 0) is 144 Å². The highest BCUT2D eigenvalue weighted by molar-refractivity contribution is 7.71. The predicted octanol–water partition coefficient (Wildman–Crippen LogP) is 5.60. The summed E-state index contributed by atoms with van der Waals surface area (Å²) in [6.07, 6.45) is 8.11. The van der Waals surface area contributed by atoms with E-state index in [-0.39, 0.29) is 40.1 Å². The van der Waals surface area contributed by atoms with E-state index >= 15 is 0 Å². The molecule has 4 aliphatic rings. The van der Waals surface area contributed by atoms with Crippen molar-refractivity contribution in [1.29, 1.82) is 0 Å². The summed E-state index contributed by atoms with van der Waals surface area (Å²) in [7, 11) is 0. The number of piperidine rings is 1. The highest BCUT2D eigenvalue weighted by Crippen LogP contribution is 2.35. The second-order valence-electron chi connectivity index (χ2n) is 18.7. The zero-order valence-corrected chi connectivity index (χ0v) is 40.8. The second-order valence-corrected chi connectivity index (χ2v) is 21.3. The van der Waals surface area contributed by atoms with Gasteiger partial charge >= 0.3 is 0 Å². The number of likely N-dealkylation sites (tertiary alicyclic amines) is 1. The minimum absolute atomic E-state index is 0.0194. The molecular formula is C50H55N11O4S3. The first-order chi connectivity index (χ1) is 32.8. The molecule has 0 saturated carbocycles. The molecule has 68 heavy (non-hydrogen) atoms. The number of pyridine rings is 2. The van der Waals surface area contributed by atoms with Crippen molar-refractivity contribution in [3.8, 4) is 17.7 Å². The average Bonchev–Trinajstić information content (AvgIpc) is 3.97. The summed E-state index contributed by atoms with van der Waals surface area (Å²) in [5, 5.41) is 14.1. The molecule has 2 bridgehead atoms. The number of fused-ring (bicyclic) bond motifs is 5. The van der Waals surface area contributed by atoms with E-state index in [0.717, 1.165) is 48.2 Å². The molecule has 352 valence electrons. The van der Waals surface area contributed by atoms with Gasteiger partial charge < -0.3 is 41.8 Å². The number of amides is 3. The molecule has 3 fully saturated rings. The minimum atomic E-state index is -0.440. The Hall–Kier alpha value is -5.97. The third kappa shape index (κ3) is 9.42. The van der Waals surface area contributed by atoms with E-state index in [4.69, 9.17) is 22.9 Å². The van der Waals surface area contributed by atoms with E-state index < -0.39 is 5.91 Å².